The summed E-state index contributed by atoms with van der Waals surface area (Å²) in [5.74, 6) is 0.336. The average molecular weight is 456 g/mol. The lowest BCUT2D eigenvalue weighted by molar-refractivity contribution is 0.00708. The number of carboxylic acid groups (broad SMARTS) is 1. The molecule has 0 unspecified atom stereocenters. The van der Waals surface area contributed by atoms with Crippen LogP contribution in [0.25, 0.3) is 0 Å². The van der Waals surface area contributed by atoms with Gasteiger partial charge in [-0.25, -0.2) is 4.79 Å². The molecule has 0 saturated carbocycles. The Bertz CT molecular complexity index is 962. The quantitative estimate of drug-likeness (QED) is 0.753. The molecule has 2 aromatic rings. The Kier molecular flexibility index (Phi) is 8.13. The van der Waals surface area contributed by atoms with Crippen LogP contribution in [-0.4, -0.2) is 76.2 Å². The molecule has 0 aliphatic carbocycles. The van der Waals surface area contributed by atoms with Gasteiger partial charge in [-0.05, 0) is 42.5 Å². The molecule has 2 aromatic carbocycles. The topological polar surface area (TPSA) is 99.1 Å². The van der Waals surface area contributed by atoms with Gasteiger partial charge in [0, 0.05) is 18.5 Å². The van der Waals surface area contributed by atoms with Gasteiger partial charge in [-0.3, -0.25) is 5.01 Å². The van der Waals surface area contributed by atoms with Gasteiger partial charge in [-0.15, -0.1) is 0 Å². The fourth-order valence-corrected chi connectivity index (χ4v) is 3.51. The van der Waals surface area contributed by atoms with Gasteiger partial charge in [0.2, 0.25) is 0 Å². The standard InChI is InChI=1S/C24H28N2O7/c27-24(28)18-1-4-20(5-2-18)26-8-7-21(25-26)19-3-6-22-23(17-19)33-16-14-31-12-10-29-9-11-30-13-15-32-22/h1-6,17H,7-16H2,(H,27,28). The third kappa shape index (κ3) is 6.44. The van der Waals surface area contributed by atoms with Gasteiger partial charge >= 0.3 is 5.97 Å². The number of nitrogens with zero attached hydrogens (tertiary/aromatic N) is 2. The summed E-state index contributed by atoms with van der Waals surface area (Å²) >= 11 is 0. The molecule has 9 nitrogen and oxygen atoms in total. The van der Waals surface area contributed by atoms with Crippen molar-refractivity contribution in [1.29, 1.82) is 0 Å². The Labute approximate surface area is 192 Å². The second-order valence-corrected chi connectivity index (χ2v) is 7.47. The van der Waals surface area contributed by atoms with E-state index in [2.05, 4.69) is 0 Å². The number of carbonyl (C=O) groups is 1. The van der Waals surface area contributed by atoms with Crippen LogP contribution < -0.4 is 14.5 Å². The van der Waals surface area contributed by atoms with Crippen LogP contribution in [-0.2, 0) is 14.2 Å². The Morgan fingerprint density at radius 3 is 2.03 bits per heavy atom. The Morgan fingerprint density at radius 2 is 1.39 bits per heavy atom. The summed E-state index contributed by atoms with van der Waals surface area (Å²) < 4.78 is 28.3. The van der Waals surface area contributed by atoms with Gasteiger partial charge in [0.15, 0.2) is 11.5 Å². The Hall–Kier alpha value is -3.14. The van der Waals surface area contributed by atoms with Crippen LogP contribution in [0.5, 0.6) is 11.5 Å². The minimum Gasteiger partial charge on any atom is -0.487 e. The van der Waals surface area contributed by atoms with E-state index in [-0.39, 0.29) is 5.56 Å². The molecule has 0 spiro atoms. The van der Waals surface area contributed by atoms with Crippen molar-refractivity contribution in [2.75, 3.05) is 64.4 Å². The molecule has 2 aliphatic heterocycles. The highest BCUT2D eigenvalue weighted by atomic mass is 16.6. The molecule has 1 N–H and O–H groups in total. The number of fused-ring (bicyclic) bond motifs is 1. The first-order valence-electron chi connectivity index (χ1n) is 11.0. The third-order valence-corrected chi connectivity index (χ3v) is 5.21. The number of rotatable bonds is 3. The van der Waals surface area contributed by atoms with E-state index in [0.29, 0.717) is 70.9 Å². The van der Waals surface area contributed by atoms with Crippen LogP contribution >= 0.6 is 0 Å². The van der Waals surface area contributed by atoms with Crippen molar-refractivity contribution in [3.8, 4) is 11.5 Å². The number of hydrazone groups is 1. The molecule has 9 heteroatoms. The molecular weight excluding hydrogens is 428 g/mol. The predicted octanol–water partition coefficient (Wildman–Crippen LogP) is 2.82. The number of carboxylic acids is 1. The summed E-state index contributed by atoms with van der Waals surface area (Å²) in [4.78, 5) is 11.1. The number of benzene rings is 2. The van der Waals surface area contributed by atoms with Crippen molar-refractivity contribution in [3.05, 3.63) is 53.6 Å². The van der Waals surface area contributed by atoms with Crippen LogP contribution in [0.1, 0.15) is 22.3 Å². The lowest BCUT2D eigenvalue weighted by Gasteiger charge is -2.14. The van der Waals surface area contributed by atoms with E-state index in [1.54, 1.807) is 24.3 Å². The van der Waals surface area contributed by atoms with E-state index < -0.39 is 5.97 Å². The van der Waals surface area contributed by atoms with Crippen molar-refractivity contribution in [3.63, 3.8) is 0 Å². The molecule has 176 valence electrons. The molecule has 0 saturated heterocycles. The van der Waals surface area contributed by atoms with Gasteiger partial charge in [0.05, 0.1) is 56.6 Å². The zero-order valence-corrected chi connectivity index (χ0v) is 18.4. The Morgan fingerprint density at radius 1 is 0.788 bits per heavy atom. The van der Waals surface area contributed by atoms with Crippen LogP contribution in [0.4, 0.5) is 5.69 Å². The first-order chi connectivity index (χ1) is 16.2. The molecule has 0 radical (unpaired) electrons. The number of hydrogen-bond donors (Lipinski definition) is 1. The van der Waals surface area contributed by atoms with E-state index in [9.17, 15) is 4.79 Å². The monoisotopic (exact) mass is 456 g/mol. The fourth-order valence-electron chi connectivity index (χ4n) is 3.51. The van der Waals surface area contributed by atoms with E-state index in [4.69, 9.17) is 33.9 Å². The normalized spacial score (nSPS) is 18.2. The van der Waals surface area contributed by atoms with Crippen LogP contribution in [0.2, 0.25) is 0 Å². The maximum absolute atomic E-state index is 11.1. The molecule has 0 fully saturated rings. The van der Waals surface area contributed by atoms with Gasteiger partial charge in [-0.1, -0.05) is 0 Å². The highest BCUT2D eigenvalue weighted by molar-refractivity contribution is 6.03. The van der Waals surface area contributed by atoms with E-state index in [1.165, 1.54) is 0 Å². The highest BCUT2D eigenvalue weighted by Crippen LogP contribution is 2.31. The number of ether oxygens (including phenoxy) is 5. The van der Waals surface area contributed by atoms with Crippen LogP contribution in [0, 0.1) is 0 Å². The predicted molar refractivity (Wildman–Crippen MR) is 122 cm³/mol. The first-order valence-corrected chi connectivity index (χ1v) is 11.0. The van der Waals surface area contributed by atoms with Crippen molar-refractivity contribution < 1.29 is 33.6 Å². The van der Waals surface area contributed by atoms with Crippen molar-refractivity contribution in [1.82, 2.24) is 0 Å². The van der Waals surface area contributed by atoms with Crippen molar-refractivity contribution >= 4 is 17.4 Å². The Balaban J connectivity index is 1.47. The maximum atomic E-state index is 11.1. The smallest absolute Gasteiger partial charge is 0.335 e. The zero-order chi connectivity index (χ0) is 22.9. The lowest BCUT2D eigenvalue weighted by Crippen LogP contribution is -2.13. The molecule has 0 aromatic heterocycles. The van der Waals surface area contributed by atoms with E-state index in [0.717, 1.165) is 23.4 Å². The van der Waals surface area contributed by atoms with E-state index in [1.807, 2.05) is 23.2 Å². The van der Waals surface area contributed by atoms with Crippen molar-refractivity contribution in [2.45, 2.75) is 6.42 Å². The van der Waals surface area contributed by atoms with Crippen LogP contribution in [0.3, 0.4) is 0 Å². The molecule has 2 aliphatic rings. The summed E-state index contributed by atoms with van der Waals surface area (Å²) in [6.45, 7) is 4.50. The molecule has 0 bridgehead atoms. The largest absolute Gasteiger partial charge is 0.487 e. The summed E-state index contributed by atoms with van der Waals surface area (Å²) in [5.41, 5.74) is 2.98. The third-order valence-electron chi connectivity index (χ3n) is 5.21. The number of aromatic carboxylic acids is 1. The fraction of sp³-hybridized carbons (Fsp3) is 0.417. The minimum atomic E-state index is -0.944. The molecular formula is C24H28N2O7. The number of anilines is 1. The van der Waals surface area contributed by atoms with Gasteiger partial charge in [0.25, 0.3) is 0 Å². The van der Waals surface area contributed by atoms with Gasteiger partial charge < -0.3 is 28.8 Å². The van der Waals surface area contributed by atoms with Gasteiger partial charge in [0.1, 0.15) is 13.2 Å². The lowest BCUT2D eigenvalue weighted by atomic mass is 10.1. The SMILES string of the molecule is O=C(O)c1ccc(N2CCC(c3ccc4c(c3)OCCOCCOCCOCCO4)=N2)cc1. The molecule has 0 atom stereocenters. The summed E-state index contributed by atoms with van der Waals surface area (Å²) in [5, 5.41) is 15.7. The molecule has 0 amide bonds. The molecule has 33 heavy (non-hydrogen) atoms. The minimum absolute atomic E-state index is 0.253. The summed E-state index contributed by atoms with van der Waals surface area (Å²) in [6, 6.07) is 12.5. The van der Waals surface area contributed by atoms with Crippen molar-refractivity contribution in [2.24, 2.45) is 5.10 Å². The summed E-state index contributed by atoms with van der Waals surface area (Å²) in [7, 11) is 0. The summed E-state index contributed by atoms with van der Waals surface area (Å²) in [6.07, 6.45) is 0.761. The van der Waals surface area contributed by atoms with E-state index >= 15 is 0 Å². The second kappa shape index (κ2) is 11.6. The first kappa shape index (κ1) is 23.0. The average Bonchev–Trinajstić information content (AvgIpc) is 3.32. The zero-order valence-electron chi connectivity index (χ0n) is 18.4. The highest BCUT2D eigenvalue weighted by Gasteiger charge is 2.19. The second-order valence-electron chi connectivity index (χ2n) is 7.47. The van der Waals surface area contributed by atoms with Crippen LogP contribution in [0.15, 0.2) is 47.6 Å². The maximum Gasteiger partial charge on any atom is 0.335 e. The molecule has 2 heterocycles. The molecule has 4 rings (SSSR count). The number of hydrogen-bond acceptors (Lipinski definition) is 8. The van der Waals surface area contributed by atoms with Gasteiger partial charge in [-0.2, -0.15) is 5.10 Å².